The van der Waals surface area contributed by atoms with Gasteiger partial charge in [-0.3, -0.25) is 14.4 Å². The molecule has 10 heteroatoms. The molecule has 0 atom stereocenters. The van der Waals surface area contributed by atoms with Crippen LogP contribution >= 0.6 is 0 Å². The van der Waals surface area contributed by atoms with Crippen LogP contribution in [0.4, 0.5) is 0 Å². The van der Waals surface area contributed by atoms with Gasteiger partial charge in [-0.2, -0.15) is 0 Å². The summed E-state index contributed by atoms with van der Waals surface area (Å²) < 4.78 is 5.07. The van der Waals surface area contributed by atoms with Crippen molar-refractivity contribution < 1.29 is 44.3 Å². The van der Waals surface area contributed by atoms with E-state index >= 15 is 0 Å². The standard InChI is InChI=1S/C24H16O10/c1-9-2-11(25)5-15(28)20(9)14(27)4-10-3-13-22(16(29)8-17(30)23(13)32)24(33)21(10)18-6-12(26)7-19(31)34-18/h2-3,5-8,25-26,28-29,33H,4H2,1H3. The van der Waals surface area contributed by atoms with Gasteiger partial charge in [-0.05, 0) is 30.2 Å². The number of benzene rings is 2. The van der Waals surface area contributed by atoms with E-state index in [9.17, 15) is 44.7 Å². The molecule has 0 fully saturated rings. The maximum Gasteiger partial charge on any atom is 0.339 e. The Morgan fingerprint density at radius 2 is 1.56 bits per heavy atom. The number of carbonyl (C=O) groups excluding carboxylic acids is 3. The zero-order valence-electron chi connectivity index (χ0n) is 17.4. The van der Waals surface area contributed by atoms with E-state index in [4.69, 9.17) is 4.42 Å². The van der Waals surface area contributed by atoms with Crippen molar-refractivity contribution in [2.24, 2.45) is 0 Å². The van der Waals surface area contributed by atoms with Gasteiger partial charge in [0.1, 0.15) is 34.5 Å². The largest absolute Gasteiger partial charge is 0.508 e. The molecule has 1 aliphatic carbocycles. The minimum atomic E-state index is -1.05. The first-order valence-corrected chi connectivity index (χ1v) is 9.76. The van der Waals surface area contributed by atoms with E-state index in [-0.39, 0.29) is 39.3 Å². The number of hydrogen-bond donors (Lipinski definition) is 5. The molecule has 3 aromatic rings. The molecule has 0 saturated carbocycles. The Balaban J connectivity index is 1.98. The number of aromatic hydroxyl groups is 4. The van der Waals surface area contributed by atoms with Crippen LogP contribution in [0.15, 0.2) is 45.6 Å². The molecule has 0 unspecified atom stereocenters. The third-order valence-corrected chi connectivity index (χ3v) is 5.31. The van der Waals surface area contributed by atoms with Crippen molar-refractivity contribution in [2.45, 2.75) is 13.3 Å². The number of carbonyl (C=O) groups is 3. The SMILES string of the molecule is Cc1cc(O)cc(O)c1C(=O)Cc1cc2c(c(O)c1-c1cc(O)cc(=O)o1)C(O)=CC(=O)C2=O. The molecule has 10 nitrogen and oxygen atoms in total. The van der Waals surface area contributed by atoms with Crippen LogP contribution in [0.1, 0.15) is 37.4 Å². The lowest BCUT2D eigenvalue weighted by molar-refractivity contribution is -0.111. The second kappa shape index (κ2) is 7.93. The number of phenolic OH excluding ortho intramolecular Hbond substituents is 3. The molecule has 0 saturated heterocycles. The van der Waals surface area contributed by atoms with Crippen molar-refractivity contribution >= 4 is 23.1 Å². The van der Waals surface area contributed by atoms with Crippen molar-refractivity contribution in [1.82, 2.24) is 0 Å². The van der Waals surface area contributed by atoms with Gasteiger partial charge in [0.05, 0.1) is 22.8 Å². The number of aryl methyl sites for hydroxylation is 1. The summed E-state index contributed by atoms with van der Waals surface area (Å²) in [4.78, 5) is 49.3. The molecule has 0 aliphatic heterocycles. The number of aliphatic hydroxyl groups excluding tert-OH is 1. The topological polar surface area (TPSA) is 183 Å². The van der Waals surface area contributed by atoms with Gasteiger partial charge in [-0.1, -0.05) is 0 Å². The lowest BCUT2D eigenvalue weighted by Gasteiger charge is -2.19. The zero-order valence-corrected chi connectivity index (χ0v) is 17.4. The van der Waals surface area contributed by atoms with Crippen molar-refractivity contribution in [3.8, 4) is 34.3 Å². The Bertz CT molecular complexity index is 1480. The van der Waals surface area contributed by atoms with Crippen LogP contribution in [0.3, 0.4) is 0 Å². The third-order valence-electron chi connectivity index (χ3n) is 5.31. The van der Waals surface area contributed by atoms with Gasteiger partial charge < -0.3 is 29.9 Å². The average Bonchev–Trinajstić information content (AvgIpc) is 2.70. The molecule has 5 N–H and O–H groups in total. The summed E-state index contributed by atoms with van der Waals surface area (Å²) in [5, 5.41) is 50.8. The number of allylic oxidation sites excluding steroid dienone is 1. The molecule has 34 heavy (non-hydrogen) atoms. The minimum absolute atomic E-state index is 0.0993. The first-order chi connectivity index (χ1) is 16.0. The number of hydrogen-bond acceptors (Lipinski definition) is 10. The van der Waals surface area contributed by atoms with Crippen LogP contribution in [-0.4, -0.2) is 42.9 Å². The molecular formula is C24H16O10. The Labute approximate surface area is 190 Å². The fourth-order valence-electron chi connectivity index (χ4n) is 3.93. The van der Waals surface area contributed by atoms with Gasteiger partial charge >= 0.3 is 5.63 Å². The van der Waals surface area contributed by atoms with Gasteiger partial charge in [0.2, 0.25) is 11.6 Å². The highest BCUT2D eigenvalue weighted by atomic mass is 16.4. The minimum Gasteiger partial charge on any atom is -0.508 e. The van der Waals surface area contributed by atoms with Crippen molar-refractivity contribution in [3.63, 3.8) is 0 Å². The van der Waals surface area contributed by atoms with Gasteiger partial charge in [0.15, 0.2) is 5.78 Å². The van der Waals surface area contributed by atoms with Crippen LogP contribution in [-0.2, 0) is 11.2 Å². The monoisotopic (exact) mass is 464 g/mol. The average molecular weight is 464 g/mol. The van der Waals surface area contributed by atoms with Crippen LogP contribution in [0.5, 0.6) is 23.0 Å². The molecule has 4 rings (SSSR count). The van der Waals surface area contributed by atoms with Gasteiger partial charge in [0, 0.05) is 30.2 Å². The molecule has 0 bridgehead atoms. The Morgan fingerprint density at radius 3 is 2.21 bits per heavy atom. The van der Waals surface area contributed by atoms with Gasteiger partial charge in [-0.25, -0.2) is 4.79 Å². The van der Waals surface area contributed by atoms with Crippen molar-refractivity contribution in [1.29, 1.82) is 0 Å². The summed E-state index contributed by atoms with van der Waals surface area (Å²) >= 11 is 0. The van der Waals surface area contributed by atoms with E-state index in [0.29, 0.717) is 6.08 Å². The number of ketones is 3. The van der Waals surface area contributed by atoms with Crippen LogP contribution in [0, 0.1) is 6.92 Å². The second-order valence-corrected chi connectivity index (χ2v) is 7.66. The summed E-state index contributed by atoms with van der Waals surface area (Å²) in [6.07, 6.45) is 0.0517. The normalized spacial score (nSPS) is 12.9. The maximum atomic E-state index is 13.1. The number of aliphatic hydroxyl groups is 1. The number of phenols is 3. The van der Waals surface area contributed by atoms with Crippen LogP contribution in [0.2, 0.25) is 0 Å². The van der Waals surface area contributed by atoms with Gasteiger partial charge in [-0.15, -0.1) is 0 Å². The smallest absolute Gasteiger partial charge is 0.339 e. The highest BCUT2D eigenvalue weighted by Crippen LogP contribution is 2.43. The quantitative estimate of drug-likeness (QED) is 0.284. The summed E-state index contributed by atoms with van der Waals surface area (Å²) in [5.74, 6) is -5.97. The van der Waals surface area contributed by atoms with E-state index in [0.717, 1.165) is 24.3 Å². The first-order valence-electron chi connectivity index (χ1n) is 9.76. The first kappa shape index (κ1) is 22.3. The number of Topliss-reactive ketones (excluding diaryl/α,β-unsaturated/α-hetero) is 2. The van der Waals surface area contributed by atoms with E-state index in [1.54, 1.807) is 0 Å². The molecular weight excluding hydrogens is 448 g/mol. The molecule has 0 radical (unpaired) electrons. The number of fused-ring (bicyclic) bond motifs is 1. The molecule has 1 aromatic heterocycles. The fraction of sp³-hybridized carbons (Fsp3) is 0.0833. The van der Waals surface area contributed by atoms with Crippen LogP contribution in [0.25, 0.3) is 17.1 Å². The summed E-state index contributed by atoms with van der Waals surface area (Å²) in [6.45, 7) is 1.47. The Morgan fingerprint density at radius 1 is 0.882 bits per heavy atom. The van der Waals surface area contributed by atoms with E-state index < -0.39 is 58.0 Å². The second-order valence-electron chi connectivity index (χ2n) is 7.66. The Kier molecular flexibility index (Phi) is 5.21. The molecule has 172 valence electrons. The summed E-state index contributed by atoms with van der Waals surface area (Å²) in [7, 11) is 0. The zero-order chi connectivity index (χ0) is 24.9. The molecule has 2 aromatic carbocycles. The predicted octanol–water partition coefficient (Wildman–Crippen LogP) is 2.53. The highest BCUT2D eigenvalue weighted by molar-refractivity contribution is 6.50. The predicted molar refractivity (Wildman–Crippen MR) is 116 cm³/mol. The molecule has 1 aliphatic rings. The van der Waals surface area contributed by atoms with Crippen molar-refractivity contribution in [2.75, 3.05) is 0 Å². The molecule has 1 heterocycles. The lowest BCUT2D eigenvalue weighted by atomic mass is 9.85. The fourth-order valence-corrected chi connectivity index (χ4v) is 3.93. The van der Waals surface area contributed by atoms with Crippen molar-refractivity contribution in [3.05, 3.63) is 74.6 Å². The lowest BCUT2D eigenvalue weighted by Crippen LogP contribution is -2.20. The highest BCUT2D eigenvalue weighted by Gasteiger charge is 2.33. The molecule has 0 amide bonds. The van der Waals surface area contributed by atoms with Crippen LogP contribution < -0.4 is 5.63 Å². The number of rotatable bonds is 4. The van der Waals surface area contributed by atoms with Gasteiger partial charge in [0.25, 0.3) is 0 Å². The van der Waals surface area contributed by atoms with E-state index in [2.05, 4.69) is 0 Å². The summed E-state index contributed by atoms with van der Waals surface area (Å²) in [6, 6.07) is 5.04. The third kappa shape index (κ3) is 3.66. The Hall–Kier alpha value is -4.86. The summed E-state index contributed by atoms with van der Waals surface area (Å²) in [5.41, 5.74) is -2.09. The van der Waals surface area contributed by atoms with E-state index in [1.807, 2.05) is 0 Å². The maximum absolute atomic E-state index is 13.1. The van der Waals surface area contributed by atoms with E-state index in [1.165, 1.54) is 13.0 Å². The molecule has 0 spiro atoms.